The molecule has 0 spiro atoms. The molecule has 2 unspecified atom stereocenters. The van der Waals surface area contributed by atoms with Crippen LogP contribution >= 0.6 is 0 Å². The second kappa shape index (κ2) is 8.68. The molecular weight excluding hydrogens is 316 g/mol. The smallest absolute Gasteiger partial charge is 0.321 e. The Kier molecular flexibility index (Phi) is 6.85. The third kappa shape index (κ3) is 7.04. The number of carbonyl (C=O) groups is 1. The molecule has 2 N–H and O–H groups in total. The molecule has 1 fully saturated rings. The van der Waals surface area contributed by atoms with Crippen LogP contribution in [0.1, 0.15) is 52.0 Å². The molecule has 1 aromatic carbocycles. The second-order valence-corrected chi connectivity index (χ2v) is 8.00. The summed E-state index contributed by atoms with van der Waals surface area (Å²) in [6.45, 7) is 6.49. The number of nitrogens with one attached hydrogen (secondary N) is 1. The van der Waals surface area contributed by atoms with Crippen molar-refractivity contribution in [2.75, 3.05) is 18.9 Å². The van der Waals surface area contributed by atoms with E-state index in [1.807, 2.05) is 24.3 Å². The van der Waals surface area contributed by atoms with E-state index in [9.17, 15) is 9.90 Å². The van der Waals surface area contributed by atoms with Gasteiger partial charge in [-0.15, -0.1) is 0 Å². The molecule has 5 nitrogen and oxygen atoms in total. The van der Waals surface area contributed by atoms with Gasteiger partial charge in [0, 0.05) is 12.7 Å². The number of anilines is 1. The number of aliphatic hydroxyl groups is 1. The van der Waals surface area contributed by atoms with Crippen molar-refractivity contribution in [3.63, 3.8) is 0 Å². The zero-order valence-electron chi connectivity index (χ0n) is 15.9. The lowest BCUT2D eigenvalue weighted by atomic mass is 9.89. The Bertz CT molecular complexity index is 568. The summed E-state index contributed by atoms with van der Waals surface area (Å²) in [5, 5.41) is 12.7. The molecule has 0 aromatic heterocycles. The summed E-state index contributed by atoms with van der Waals surface area (Å²) in [4.78, 5) is 13.7. The molecule has 0 saturated heterocycles. The number of hydrogen-bond acceptors (Lipinski definition) is 3. The highest BCUT2D eigenvalue weighted by molar-refractivity contribution is 5.89. The minimum atomic E-state index is -0.918. The van der Waals surface area contributed by atoms with Crippen molar-refractivity contribution in [2.45, 2.75) is 64.8 Å². The van der Waals surface area contributed by atoms with Crippen LogP contribution in [-0.2, 0) is 11.3 Å². The van der Waals surface area contributed by atoms with Crippen molar-refractivity contribution in [2.24, 2.45) is 5.92 Å². The van der Waals surface area contributed by atoms with Crippen LogP contribution in [0, 0.1) is 5.92 Å². The van der Waals surface area contributed by atoms with E-state index in [2.05, 4.69) is 12.2 Å². The van der Waals surface area contributed by atoms with Gasteiger partial charge in [-0.2, -0.15) is 0 Å². The van der Waals surface area contributed by atoms with Gasteiger partial charge in [-0.1, -0.05) is 31.9 Å². The van der Waals surface area contributed by atoms with E-state index < -0.39 is 5.60 Å². The SMILES string of the molecule is CC1CCCC(OCc2cccc(NC(=O)N(C)CC(C)(C)O)c2)C1. The molecule has 2 amide bonds. The van der Waals surface area contributed by atoms with Crippen LogP contribution in [0.3, 0.4) is 0 Å². The van der Waals surface area contributed by atoms with Gasteiger partial charge in [0.05, 0.1) is 24.9 Å². The second-order valence-electron chi connectivity index (χ2n) is 8.00. The topological polar surface area (TPSA) is 61.8 Å². The molecule has 1 saturated carbocycles. The lowest BCUT2D eigenvalue weighted by Crippen LogP contribution is -2.41. The zero-order valence-corrected chi connectivity index (χ0v) is 15.9. The number of benzene rings is 1. The maximum absolute atomic E-state index is 12.2. The Morgan fingerprint density at radius 1 is 1.40 bits per heavy atom. The van der Waals surface area contributed by atoms with E-state index in [0.717, 1.165) is 30.0 Å². The summed E-state index contributed by atoms with van der Waals surface area (Å²) in [7, 11) is 1.67. The van der Waals surface area contributed by atoms with Crippen LogP contribution < -0.4 is 5.32 Å². The number of amides is 2. The van der Waals surface area contributed by atoms with Crippen molar-refractivity contribution in [1.29, 1.82) is 0 Å². The number of likely N-dealkylation sites (N-methyl/N-ethyl adjacent to an activating group) is 1. The van der Waals surface area contributed by atoms with E-state index in [4.69, 9.17) is 4.74 Å². The highest BCUT2D eigenvalue weighted by Gasteiger charge is 2.20. The maximum Gasteiger partial charge on any atom is 0.321 e. The fraction of sp³-hybridized carbons (Fsp3) is 0.650. The summed E-state index contributed by atoms with van der Waals surface area (Å²) < 4.78 is 6.06. The average molecular weight is 348 g/mol. The van der Waals surface area contributed by atoms with E-state index in [0.29, 0.717) is 12.7 Å². The molecule has 1 aromatic rings. The van der Waals surface area contributed by atoms with Gasteiger partial charge in [-0.25, -0.2) is 4.79 Å². The molecule has 0 aliphatic heterocycles. The average Bonchev–Trinajstić information content (AvgIpc) is 2.52. The summed E-state index contributed by atoms with van der Waals surface area (Å²) >= 11 is 0. The van der Waals surface area contributed by atoms with Gasteiger partial charge in [-0.05, 0) is 50.3 Å². The van der Waals surface area contributed by atoms with Crippen LogP contribution in [0.2, 0.25) is 0 Å². The van der Waals surface area contributed by atoms with Crippen LogP contribution in [-0.4, -0.2) is 41.3 Å². The van der Waals surface area contributed by atoms with Gasteiger partial charge in [0.15, 0.2) is 0 Å². The van der Waals surface area contributed by atoms with E-state index in [1.54, 1.807) is 20.9 Å². The first-order valence-electron chi connectivity index (χ1n) is 9.18. The van der Waals surface area contributed by atoms with Crippen LogP contribution in [0.15, 0.2) is 24.3 Å². The molecule has 140 valence electrons. The molecule has 0 radical (unpaired) electrons. The third-order valence-corrected chi connectivity index (χ3v) is 4.52. The van der Waals surface area contributed by atoms with Gasteiger partial charge in [0.1, 0.15) is 0 Å². The number of nitrogens with zero attached hydrogens (tertiary/aromatic N) is 1. The van der Waals surface area contributed by atoms with Crippen molar-refractivity contribution in [1.82, 2.24) is 4.90 Å². The minimum Gasteiger partial charge on any atom is -0.389 e. The zero-order chi connectivity index (χ0) is 18.4. The highest BCUT2D eigenvalue weighted by Crippen LogP contribution is 2.26. The molecule has 2 atom stereocenters. The monoisotopic (exact) mass is 348 g/mol. The first-order chi connectivity index (χ1) is 11.7. The molecule has 0 bridgehead atoms. The number of rotatable bonds is 6. The molecule has 5 heteroatoms. The normalized spacial score (nSPS) is 21.0. The quantitative estimate of drug-likeness (QED) is 0.816. The summed E-state index contributed by atoms with van der Waals surface area (Å²) in [6.07, 6.45) is 5.18. The molecule has 0 heterocycles. The van der Waals surface area contributed by atoms with Crippen molar-refractivity contribution >= 4 is 11.7 Å². The van der Waals surface area contributed by atoms with Gasteiger partial charge in [0.2, 0.25) is 0 Å². The Labute approximate surface area is 151 Å². The Hall–Kier alpha value is -1.59. The van der Waals surface area contributed by atoms with Gasteiger partial charge in [0.25, 0.3) is 0 Å². The maximum atomic E-state index is 12.2. The number of hydrogen-bond donors (Lipinski definition) is 2. The summed E-state index contributed by atoms with van der Waals surface area (Å²) in [6, 6.07) is 7.52. The lowest BCUT2D eigenvalue weighted by Gasteiger charge is -2.27. The van der Waals surface area contributed by atoms with Gasteiger partial charge >= 0.3 is 6.03 Å². The molecular formula is C20H32N2O3. The lowest BCUT2D eigenvalue weighted by molar-refractivity contribution is 0.00468. The highest BCUT2D eigenvalue weighted by atomic mass is 16.5. The van der Waals surface area contributed by atoms with Crippen LogP contribution in [0.4, 0.5) is 10.5 Å². The van der Waals surface area contributed by atoms with Crippen molar-refractivity contribution < 1.29 is 14.6 Å². The van der Waals surface area contributed by atoms with Crippen LogP contribution in [0.25, 0.3) is 0 Å². The minimum absolute atomic E-state index is 0.235. The standard InChI is InChI=1S/C20H32N2O3/c1-15-7-5-10-18(11-15)25-13-16-8-6-9-17(12-16)21-19(23)22(4)14-20(2,3)24/h6,8-9,12,15,18,24H,5,7,10-11,13-14H2,1-4H3,(H,21,23). The van der Waals surface area contributed by atoms with E-state index in [-0.39, 0.29) is 12.6 Å². The van der Waals surface area contributed by atoms with Gasteiger partial charge < -0.3 is 20.1 Å². The van der Waals surface area contributed by atoms with Crippen molar-refractivity contribution in [3.8, 4) is 0 Å². The summed E-state index contributed by atoms with van der Waals surface area (Å²) in [5.41, 5.74) is 0.880. The number of ether oxygens (including phenoxy) is 1. The Morgan fingerprint density at radius 2 is 2.16 bits per heavy atom. The number of carbonyl (C=O) groups excluding carboxylic acids is 1. The number of urea groups is 1. The predicted octanol–water partition coefficient (Wildman–Crippen LogP) is 4.02. The molecule has 25 heavy (non-hydrogen) atoms. The summed E-state index contributed by atoms with van der Waals surface area (Å²) in [5.74, 6) is 0.746. The molecule has 1 aliphatic rings. The third-order valence-electron chi connectivity index (χ3n) is 4.52. The largest absolute Gasteiger partial charge is 0.389 e. The molecule has 1 aliphatic carbocycles. The van der Waals surface area contributed by atoms with Gasteiger partial charge in [-0.3, -0.25) is 0 Å². The fourth-order valence-electron chi connectivity index (χ4n) is 3.35. The van der Waals surface area contributed by atoms with Crippen molar-refractivity contribution in [3.05, 3.63) is 29.8 Å². The first-order valence-corrected chi connectivity index (χ1v) is 9.18. The Balaban J connectivity index is 1.86. The molecule has 2 rings (SSSR count). The van der Waals surface area contributed by atoms with E-state index >= 15 is 0 Å². The first kappa shape index (κ1) is 19.7. The van der Waals surface area contributed by atoms with E-state index in [1.165, 1.54) is 17.7 Å². The van der Waals surface area contributed by atoms with Crippen LogP contribution in [0.5, 0.6) is 0 Å². The predicted molar refractivity (Wildman–Crippen MR) is 101 cm³/mol. The fourth-order valence-corrected chi connectivity index (χ4v) is 3.35. The Morgan fingerprint density at radius 3 is 2.84 bits per heavy atom.